The highest BCUT2D eigenvalue weighted by molar-refractivity contribution is 6.04. The van der Waals surface area contributed by atoms with Crippen molar-refractivity contribution in [2.45, 2.75) is 0 Å². The molecule has 0 spiro atoms. The number of hydrogen-bond donors (Lipinski definition) is 0. The fourth-order valence-corrected chi connectivity index (χ4v) is 8.35. The van der Waals surface area contributed by atoms with Crippen molar-refractivity contribution in [3.63, 3.8) is 0 Å². The molecule has 5 heterocycles. The number of aromatic nitrogens is 7. The monoisotopic (exact) mass is 807 g/mol. The lowest BCUT2D eigenvalue weighted by atomic mass is 9.98. The third kappa shape index (κ3) is 6.63. The van der Waals surface area contributed by atoms with Gasteiger partial charge < -0.3 is 4.42 Å². The summed E-state index contributed by atoms with van der Waals surface area (Å²) < 4.78 is 6.62. The first kappa shape index (κ1) is 36.1. The van der Waals surface area contributed by atoms with Gasteiger partial charge in [-0.2, -0.15) is 0 Å². The number of fused-ring (bicyclic) bond motifs is 5. The van der Waals surface area contributed by atoms with Gasteiger partial charge in [0.2, 0.25) is 5.89 Å². The molecule has 0 aliphatic rings. The maximum Gasteiger partial charge on any atom is 0.227 e. The van der Waals surface area contributed by atoms with Crippen LogP contribution in [0.1, 0.15) is 0 Å². The molecule has 12 rings (SSSR count). The molecule has 5 aromatic heterocycles. The molecule has 0 saturated carbocycles. The Balaban J connectivity index is 1.13. The molecule has 0 unspecified atom stereocenters. The maximum absolute atomic E-state index is 6.62. The van der Waals surface area contributed by atoms with Gasteiger partial charge in [-0.1, -0.05) is 127 Å². The number of benzene rings is 7. The molecule has 0 saturated heterocycles. The van der Waals surface area contributed by atoms with Gasteiger partial charge in [0.15, 0.2) is 17.2 Å². The predicted octanol–water partition coefficient (Wildman–Crippen LogP) is 13.3. The molecule has 8 heteroatoms. The van der Waals surface area contributed by atoms with Gasteiger partial charge in [0.25, 0.3) is 0 Å². The van der Waals surface area contributed by atoms with Crippen molar-refractivity contribution in [2.24, 2.45) is 0 Å². The number of para-hydroxylation sites is 2. The highest BCUT2D eigenvalue weighted by Crippen LogP contribution is 2.38. The van der Waals surface area contributed by atoms with Crippen LogP contribution in [0, 0.1) is 0 Å². The first-order valence-corrected chi connectivity index (χ1v) is 20.7. The van der Waals surface area contributed by atoms with Gasteiger partial charge in [-0.05, 0) is 66.0 Å². The third-order valence-electron chi connectivity index (χ3n) is 11.4. The quantitative estimate of drug-likeness (QED) is 0.157. The molecular formula is C55H33N7O. The molecule has 0 amide bonds. The van der Waals surface area contributed by atoms with Crippen LogP contribution in [-0.4, -0.2) is 34.9 Å². The molecule has 0 aliphatic carbocycles. The van der Waals surface area contributed by atoms with E-state index in [-0.39, 0.29) is 0 Å². The lowest BCUT2D eigenvalue weighted by Gasteiger charge is -2.14. The van der Waals surface area contributed by atoms with Gasteiger partial charge >= 0.3 is 0 Å². The van der Waals surface area contributed by atoms with Crippen LogP contribution in [0.3, 0.4) is 0 Å². The van der Waals surface area contributed by atoms with Crippen LogP contribution in [0.25, 0.3) is 123 Å². The number of oxazole rings is 1. The van der Waals surface area contributed by atoms with E-state index in [1.807, 2.05) is 103 Å². The molecular weight excluding hydrogens is 775 g/mol. The zero-order chi connectivity index (χ0) is 41.7. The second-order valence-corrected chi connectivity index (χ2v) is 15.4. The van der Waals surface area contributed by atoms with Crippen LogP contribution >= 0.6 is 0 Å². The van der Waals surface area contributed by atoms with Gasteiger partial charge in [0.1, 0.15) is 5.52 Å². The average molecular weight is 808 g/mol. The number of hydrogen-bond acceptors (Lipinski definition) is 8. The maximum atomic E-state index is 6.62. The topological polar surface area (TPSA) is 103 Å². The summed E-state index contributed by atoms with van der Waals surface area (Å²) in [6.45, 7) is 0. The van der Waals surface area contributed by atoms with Gasteiger partial charge in [-0.25, -0.2) is 24.9 Å². The molecule has 0 atom stereocenters. The summed E-state index contributed by atoms with van der Waals surface area (Å²) in [6, 6.07) is 63.3. The minimum Gasteiger partial charge on any atom is -0.436 e. The molecule has 63 heavy (non-hydrogen) atoms. The van der Waals surface area contributed by atoms with E-state index in [0.29, 0.717) is 34.5 Å². The molecule has 0 aliphatic heterocycles. The SMILES string of the molecule is c1ccc(-c2cc(-c3cc(-c4cc(-c5ccccc5)nc(-c5cccc6cccnc56)n4)cc(-c4nc5c(ccc6ccccc65)o4)c3)nc(-c3cccc4cccnc34)n2)cc1. The van der Waals surface area contributed by atoms with Crippen molar-refractivity contribution in [2.75, 3.05) is 0 Å². The highest BCUT2D eigenvalue weighted by Gasteiger charge is 2.20. The van der Waals surface area contributed by atoms with Crippen molar-refractivity contribution >= 4 is 43.7 Å². The first-order valence-electron chi connectivity index (χ1n) is 20.7. The highest BCUT2D eigenvalue weighted by atomic mass is 16.3. The minimum atomic E-state index is 0.482. The average Bonchev–Trinajstić information content (AvgIpc) is 3.82. The Morgan fingerprint density at radius 1 is 0.317 bits per heavy atom. The van der Waals surface area contributed by atoms with Gasteiger partial charge in [0.05, 0.1) is 33.8 Å². The summed E-state index contributed by atoms with van der Waals surface area (Å²) in [6.07, 6.45) is 3.61. The zero-order valence-corrected chi connectivity index (χ0v) is 33.6. The second-order valence-electron chi connectivity index (χ2n) is 15.4. The van der Waals surface area contributed by atoms with E-state index in [1.165, 1.54) is 0 Å². The van der Waals surface area contributed by atoms with E-state index in [4.69, 9.17) is 39.3 Å². The Kier molecular flexibility index (Phi) is 8.64. The fourth-order valence-electron chi connectivity index (χ4n) is 8.35. The Hall–Kier alpha value is -8.75. The zero-order valence-electron chi connectivity index (χ0n) is 33.6. The first-order chi connectivity index (χ1) is 31.2. The Morgan fingerprint density at radius 2 is 0.794 bits per heavy atom. The van der Waals surface area contributed by atoms with E-state index in [2.05, 4.69) is 84.9 Å². The van der Waals surface area contributed by atoms with Crippen LogP contribution < -0.4 is 0 Å². The Bertz CT molecular complexity index is 3510. The summed E-state index contributed by atoms with van der Waals surface area (Å²) >= 11 is 0. The normalized spacial score (nSPS) is 11.5. The molecule has 0 radical (unpaired) electrons. The standard InChI is InChI=1S/C55H33N7O/c1-3-14-35(15-4-1)45-32-47(60-53(58-45)43-23-9-18-37-20-11-27-56-50(37)43)39-29-40(31-41(30-39)55-62-52-42-22-8-7-13-34(42)25-26-49(52)63-55)48-33-46(36-16-5-2-6-17-36)59-54(61-48)44-24-10-19-38-21-12-28-57-51(38)44/h1-33H. The van der Waals surface area contributed by atoms with Crippen LogP contribution in [0.15, 0.2) is 205 Å². The molecule has 0 bridgehead atoms. The lowest BCUT2D eigenvalue weighted by molar-refractivity contribution is 0.620. The summed E-state index contributed by atoms with van der Waals surface area (Å²) in [4.78, 5) is 35.7. The summed E-state index contributed by atoms with van der Waals surface area (Å²) in [7, 11) is 0. The van der Waals surface area contributed by atoms with Crippen molar-refractivity contribution < 1.29 is 4.42 Å². The van der Waals surface area contributed by atoms with Gasteiger partial charge in [-0.15, -0.1) is 0 Å². The Morgan fingerprint density at radius 3 is 1.37 bits per heavy atom. The largest absolute Gasteiger partial charge is 0.436 e. The smallest absolute Gasteiger partial charge is 0.227 e. The van der Waals surface area contributed by atoms with E-state index in [9.17, 15) is 0 Å². The van der Waals surface area contributed by atoms with Gasteiger partial charge in [-0.3, -0.25) is 9.97 Å². The van der Waals surface area contributed by atoms with E-state index < -0.39 is 0 Å². The van der Waals surface area contributed by atoms with Crippen molar-refractivity contribution in [1.82, 2.24) is 34.9 Å². The van der Waals surface area contributed by atoms with Crippen LogP contribution in [0.5, 0.6) is 0 Å². The summed E-state index contributed by atoms with van der Waals surface area (Å²) in [5.74, 6) is 1.61. The molecule has 12 aromatic rings. The summed E-state index contributed by atoms with van der Waals surface area (Å²) in [5.41, 5.74) is 12.2. The van der Waals surface area contributed by atoms with Crippen molar-refractivity contribution in [3.05, 3.63) is 200 Å². The molecule has 0 N–H and O–H groups in total. The van der Waals surface area contributed by atoms with Crippen molar-refractivity contribution in [1.29, 1.82) is 0 Å². The number of rotatable bonds is 7. The minimum absolute atomic E-state index is 0.482. The molecule has 8 nitrogen and oxygen atoms in total. The van der Waals surface area contributed by atoms with Gasteiger partial charge in [0, 0.05) is 67.5 Å². The molecule has 7 aromatic carbocycles. The van der Waals surface area contributed by atoms with Crippen molar-refractivity contribution in [3.8, 4) is 79.3 Å². The lowest BCUT2D eigenvalue weighted by Crippen LogP contribution is -1.99. The summed E-state index contributed by atoms with van der Waals surface area (Å²) in [5, 5.41) is 4.13. The Labute approximate surface area is 361 Å². The number of pyridine rings is 2. The number of nitrogens with zero attached hydrogens (tertiary/aromatic N) is 7. The van der Waals surface area contributed by atoms with E-state index >= 15 is 0 Å². The third-order valence-corrected chi connectivity index (χ3v) is 11.4. The second kappa shape index (κ2) is 15.1. The van der Waals surface area contributed by atoms with E-state index in [0.717, 1.165) is 88.4 Å². The fraction of sp³-hybridized carbons (Fsp3) is 0. The van der Waals surface area contributed by atoms with Crippen LogP contribution in [-0.2, 0) is 0 Å². The van der Waals surface area contributed by atoms with Crippen LogP contribution in [0.4, 0.5) is 0 Å². The molecule has 294 valence electrons. The van der Waals surface area contributed by atoms with Crippen LogP contribution in [0.2, 0.25) is 0 Å². The molecule has 0 fully saturated rings. The van der Waals surface area contributed by atoms with E-state index in [1.54, 1.807) is 12.4 Å². The predicted molar refractivity (Wildman–Crippen MR) is 251 cm³/mol.